The van der Waals surface area contributed by atoms with Crippen LogP contribution < -0.4 is 10.6 Å². The highest BCUT2D eigenvalue weighted by Gasteiger charge is 2.17. The average molecular weight is 280 g/mol. The van der Waals surface area contributed by atoms with Crippen molar-refractivity contribution < 1.29 is 13.9 Å². The Morgan fingerprint density at radius 1 is 1.50 bits per heavy atom. The van der Waals surface area contributed by atoms with Crippen molar-refractivity contribution in [2.24, 2.45) is 5.92 Å². The van der Waals surface area contributed by atoms with Crippen molar-refractivity contribution >= 4 is 11.6 Å². The normalized spacial score (nSPS) is 18.0. The first-order chi connectivity index (χ1) is 9.72. The maximum atomic E-state index is 13.7. The number of hydrogen-bond donors (Lipinski definition) is 2. The molecule has 2 rings (SSSR count). The third-order valence-corrected chi connectivity index (χ3v) is 3.47. The number of anilines is 1. The Morgan fingerprint density at radius 3 is 3.05 bits per heavy atom. The van der Waals surface area contributed by atoms with Gasteiger partial charge in [0.2, 0.25) is 0 Å². The topological polar surface area (TPSA) is 50.4 Å². The van der Waals surface area contributed by atoms with E-state index in [1.807, 2.05) is 6.92 Å². The van der Waals surface area contributed by atoms with Crippen LogP contribution in [0.4, 0.5) is 10.1 Å². The van der Waals surface area contributed by atoms with Gasteiger partial charge in [-0.3, -0.25) is 4.79 Å². The molecule has 0 aromatic heterocycles. The monoisotopic (exact) mass is 280 g/mol. The zero-order valence-electron chi connectivity index (χ0n) is 11.7. The van der Waals surface area contributed by atoms with Crippen LogP contribution in [0.1, 0.15) is 30.1 Å². The van der Waals surface area contributed by atoms with E-state index in [4.69, 9.17) is 4.74 Å². The second-order valence-electron chi connectivity index (χ2n) is 4.97. The minimum absolute atomic E-state index is 0.237. The fraction of sp³-hybridized carbons (Fsp3) is 0.533. The highest BCUT2D eigenvalue weighted by Crippen LogP contribution is 2.20. The maximum Gasteiger partial charge on any atom is 0.253 e. The number of benzene rings is 1. The van der Waals surface area contributed by atoms with Gasteiger partial charge in [-0.2, -0.15) is 0 Å². The van der Waals surface area contributed by atoms with Crippen molar-refractivity contribution in [3.63, 3.8) is 0 Å². The standard InChI is InChI=1S/C15H21FN2O2/c1-2-17-14-12(4-3-5-13(14)16)15(19)18-8-6-11-7-9-20-10-11/h3-5,11,17H,2,6-10H2,1H3,(H,18,19). The lowest BCUT2D eigenvalue weighted by molar-refractivity contribution is 0.0951. The fourth-order valence-corrected chi connectivity index (χ4v) is 2.37. The van der Waals surface area contributed by atoms with Gasteiger partial charge in [0.1, 0.15) is 5.82 Å². The number of para-hydroxylation sites is 1. The molecular weight excluding hydrogens is 259 g/mol. The lowest BCUT2D eigenvalue weighted by Gasteiger charge is -2.13. The van der Waals surface area contributed by atoms with Crippen molar-refractivity contribution in [1.29, 1.82) is 0 Å². The van der Waals surface area contributed by atoms with Crippen LogP contribution in [0.25, 0.3) is 0 Å². The van der Waals surface area contributed by atoms with Crippen LogP contribution >= 0.6 is 0 Å². The number of ether oxygens (including phenoxy) is 1. The molecular formula is C15H21FN2O2. The van der Waals surface area contributed by atoms with Gasteiger partial charge in [0, 0.05) is 26.3 Å². The number of rotatable bonds is 6. The number of nitrogens with one attached hydrogen (secondary N) is 2. The molecule has 1 aromatic carbocycles. The highest BCUT2D eigenvalue weighted by atomic mass is 19.1. The molecule has 1 fully saturated rings. The van der Waals surface area contributed by atoms with Crippen molar-refractivity contribution in [2.75, 3.05) is 31.6 Å². The van der Waals surface area contributed by atoms with E-state index in [9.17, 15) is 9.18 Å². The summed E-state index contributed by atoms with van der Waals surface area (Å²) in [5.41, 5.74) is 0.631. The molecule has 110 valence electrons. The first-order valence-corrected chi connectivity index (χ1v) is 7.10. The van der Waals surface area contributed by atoms with Crippen LogP contribution in [0.3, 0.4) is 0 Å². The van der Waals surface area contributed by atoms with Gasteiger partial charge in [-0.15, -0.1) is 0 Å². The second kappa shape index (κ2) is 7.24. The molecule has 0 radical (unpaired) electrons. The first-order valence-electron chi connectivity index (χ1n) is 7.10. The van der Waals surface area contributed by atoms with E-state index in [1.54, 1.807) is 12.1 Å². The Kier molecular flexibility index (Phi) is 5.35. The van der Waals surface area contributed by atoms with Crippen molar-refractivity contribution in [2.45, 2.75) is 19.8 Å². The van der Waals surface area contributed by atoms with Crippen LogP contribution in [0.2, 0.25) is 0 Å². The predicted molar refractivity (Wildman–Crippen MR) is 76.4 cm³/mol. The van der Waals surface area contributed by atoms with Gasteiger partial charge < -0.3 is 15.4 Å². The van der Waals surface area contributed by atoms with Gasteiger partial charge in [-0.25, -0.2) is 4.39 Å². The molecule has 1 aromatic rings. The average Bonchev–Trinajstić information content (AvgIpc) is 2.94. The van der Waals surface area contributed by atoms with E-state index in [1.165, 1.54) is 6.07 Å². The third kappa shape index (κ3) is 3.70. The molecule has 5 heteroatoms. The van der Waals surface area contributed by atoms with Gasteiger partial charge >= 0.3 is 0 Å². The molecule has 0 spiro atoms. The quantitative estimate of drug-likeness (QED) is 0.841. The summed E-state index contributed by atoms with van der Waals surface area (Å²) < 4.78 is 19.0. The molecule has 0 bridgehead atoms. The Bertz CT molecular complexity index is 459. The summed E-state index contributed by atoms with van der Waals surface area (Å²) in [7, 11) is 0. The van der Waals surface area contributed by atoms with E-state index in [0.29, 0.717) is 24.6 Å². The predicted octanol–water partition coefficient (Wildman–Crippen LogP) is 2.41. The number of carbonyl (C=O) groups excluding carboxylic acids is 1. The van der Waals surface area contributed by atoms with Gasteiger partial charge in [0.05, 0.1) is 11.3 Å². The second-order valence-corrected chi connectivity index (χ2v) is 4.97. The fourth-order valence-electron chi connectivity index (χ4n) is 2.37. The van der Waals surface area contributed by atoms with E-state index in [-0.39, 0.29) is 11.6 Å². The number of hydrogen-bond acceptors (Lipinski definition) is 3. The van der Waals surface area contributed by atoms with Crippen LogP contribution in [-0.2, 0) is 4.74 Å². The Morgan fingerprint density at radius 2 is 2.35 bits per heavy atom. The minimum Gasteiger partial charge on any atom is -0.382 e. The number of halogens is 1. The molecule has 1 saturated heterocycles. The third-order valence-electron chi connectivity index (χ3n) is 3.47. The van der Waals surface area contributed by atoms with Gasteiger partial charge in [-0.1, -0.05) is 6.07 Å². The largest absolute Gasteiger partial charge is 0.382 e. The number of amides is 1. The highest BCUT2D eigenvalue weighted by molar-refractivity contribution is 5.99. The van der Waals surface area contributed by atoms with E-state index in [0.717, 1.165) is 26.1 Å². The van der Waals surface area contributed by atoms with Crippen LogP contribution in [-0.4, -0.2) is 32.2 Å². The summed E-state index contributed by atoms with van der Waals surface area (Å²) in [6, 6.07) is 4.54. The van der Waals surface area contributed by atoms with Crippen molar-refractivity contribution in [3.05, 3.63) is 29.6 Å². The van der Waals surface area contributed by atoms with Crippen molar-refractivity contribution in [1.82, 2.24) is 5.32 Å². The van der Waals surface area contributed by atoms with E-state index >= 15 is 0 Å². The van der Waals surface area contributed by atoms with Crippen LogP contribution in [0.15, 0.2) is 18.2 Å². The lowest BCUT2D eigenvalue weighted by atomic mass is 10.1. The lowest BCUT2D eigenvalue weighted by Crippen LogP contribution is -2.27. The first kappa shape index (κ1) is 14.8. The molecule has 1 aliphatic rings. The van der Waals surface area contributed by atoms with E-state index in [2.05, 4.69) is 10.6 Å². The maximum absolute atomic E-state index is 13.7. The Hall–Kier alpha value is -1.62. The van der Waals surface area contributed by atoms with Crippen LogP contribution in [0.5, 0.6) is 0 Å². The zero-order valence-corrected chi connectivity index (χ0v) is 11.7. The SMILES string of the molecule is CCNc1c(F)cccc1C(=O)NCCC1CCOC1. The van der Waals surface area contributed by atoms with Gasteiger partial charge in [0.15, 0.2) is 0 Å². The molecule has 2 N–H and O–H groups in total. The van der Waals surface area contributed by atoms with Crippen LogP contribution in [0, 0.1) is 11.7 Å². The van der Waals surface area contributed by atoms with Gasteiger partial charge in [-0.05, 0) is 37.8 Å². The van der Waals surface area contributed by atoms with E-state index < -0.39 is 5.82 Å². The molecule has 1 unspecified atom stereocenters. The summed E-state index contributed by atoms with van der Waals surface area (Å²) >= 11 is 0. The Labute approximate surface area is 118 Å². The summed E-state index contributed by atoms with van der Waals surface area (Å²) in [5, 5.41) is 5.75. The minimum atomic E-state index is -0.399. The summed E-state index contributed by atoms with van der Waals surface area (Å²) in [5.74, 6) is -0.112. The van der Waals surface area contributed by atoms with Crippen molar-refractivity contribution in [3.8, 4) is 0 Å². The Balaban J connectivity index is 1.92. The summed E-state index contributed by atoms with van der Waals surface area (Å²) in [6.07, 6.45) is 1.95. The molecule has 1 aliphatic heterocycles. The molecule has 1 amide bonds. The summed E-state index contributed by atoms with van der Waals surface area (Å²) in [6.45, 7) is 4.62. The smallest absolute Gasteiger partial charge is 0.253 e. The van der Waals surface area contributed by atoms with Gasteiger partial charge in [0.25, 0.3) is 5.91 Å². The molecule has 1 atom stereocenters. The molecule has 4 nitrogen and oxygen atoms in total. The zero-order chi connectivity index (χ0) is 14.4. The summed E-state index contributed by atoms with van der Waals surface area (Å²) in [4.78, 5) is 12.1. The molecule has 0 aliphatic carbocycles. The number of carbonyl (C=O) groups is 1. The molecule has 1 heterocycles. The molecule has 20 heavy (non-hydrogen) atoms. The molecule has 0 saturated carbocycles.